The van der Waals surface area contributed by atoms with Crippen LogP contribution in [-0.4, -0.2) is 47.4 Å². The topological polar surface area (TPSA) is 76.7 Å². The van der Waals surface area contributed by atoms with Crippen LogP contribution in [0.15, 0.2) is 0 Å². The van der Waals surface area contributed by atoms with Crippen LogP contribution in [0.2, 0.25) is 32.2 Å². The summed E-state index contributed by atoms with van der Waals surface area (Å²) in [6, 6.07) is 0.874. The molecule has 0 heterocycles. The molecule has 1 unspecified atom stereocenters. The summed E-state index contributed by atoms with van der Waals surface area (Å²) in [5.41, 5.74) is 5.43. The summed E-state index contributed by atoms with van der Waals surface area (Å²) in [4.78, 5) is 0. The maximum atomic E-state index is 9.91. The van der Waals surface area contributed by atoms with Gasteiger partial charge in [0.15, 0.2) is 14.1 Å². The maximum absolute atomic E-state index is 9.91. The highest BCUT2D eigenvalue weighted by atomic mass is 28.4. The van der Waals surface area contributed by atoms with Gasteiger partial charge < -0.3 is 24.7 Å². The molecule has 0 aromatic carbocycles. The highest BCUT2D eigenvalue weighted by Crippen LogP contribution is 2.25. The molecule has 116 valence electrons. The normalized spacial score (nSPS) is 16.4. The average molecular weight is 309 g/mol. The summed E-state index contributed by atoms with van der Waals surface area (Å²) < 4.78 is 12.1. The van der Waals surface area contributed by atoms with Crippen molar-refractivity contribution in [3.05, 3.63) is 0 Å². The van der Waals surface area contributed by atoms with E-state index in [-0.39, 0.29) is 0 Å². The van der Waals surface area contributed by atoms with E-state index in [1.807, 2.05) is 6.55 Å². The van der Waals surface area contributed by atoms with Crippen molar-refractivity contribution < 1.29 is 13.6 Å². The molecule has 0 spiro atoms. The van der Waals surface area contributed by atoms with Gasteiger partial charge in [0.05, 0.1) is 0 Å². The van der Waals surface area contributed by atoms with Crippen molar-refractivity contribution in [3.8, 4) is 0 Å². The van der Waals surface area contributed by atoms with E-state index in [4.69, 9.17) is 14.3 Å². The molecule has 0 saturated heterocycles. The first-order chi connectivity index (χ1) is 8.47. The molecule has 0 aliphatic heterocycles. The van der Waals surface area contributed by atoms with Crippen molar-refractivity contribution in [1.82, 2.24) is 5.32 Å². The summed E-state index contributed by atoms with van der Waals surface area (Å²) in [5, 5.41) is 13.2. The van der Waals surface area contributed by atoms with Crippen LogP contribution in [-0.2, 0) is 8.54 Å². The van der Waals surface area contributed by atoms with Gasteiger partial charge in [0.25, 0.3) is 0 Å². The third kappa shape index (κ3) is 11.7. The first-order valence-corrected chi connectivity index (χ1v) is 12.9. The highest BCUT2D eigenvalue weighted by molar-refractivity contribution is 6.81. The number of aliphatic hydroxyl groups is 1. The molecule has 0 bridgehead atoms. The molecule has 0 aromatic heterocycles. The lowest BCUT2D eigenvalue weighted by molar-refractivity contribution is -0.121. The molecule has 1 atom stereocenters. The average Bonchev–Trinajstić information content (AvgIpc) is 2.10. The van der Waals surface area contributed by atoms with Crippen molar-refractivity contribution in [2.45, 2.75) is 58.3 Å². The first-order valence-electron chi connectivity index (χ1n) is 7.01. The van der Waals surface area contributed by atoms with Crippen molar-refractivity contribution in [2.24, 2.45) is 5.73 Å². The van der Waals surface area contributed by atoms with Crippen LogP contribution < -0.4 is 11.1 Å². The van der Waals surface area contributed by atoms with Gasteiger partial charge in [0, 0.05) is 13.1 Å². The Balaban J connectivity index is 4.41. The van der Waals surface area contributed by atoms with Crippen molar-refractivity contribution in [3.63, 3.8) is 0 Å². The molecule has 0 rings (SSSR count). The Labute approximate surface area is 120 Å². The Morgan fingerprint density at radius 1 is 1.16 bits per heavy atom. The van der Waals surface area contributed by atoms with Crippen LogP contribution in [0.4, 0.5) is 0 Å². The summed E-state index contributed by atoms with van der Waals surface area (Å²) in [5.74, 6) is -1.13. The van der Waals surface area contributed by atoms with Gasteiger partial charge in [0.1, 0.15) is 0 Å². The Morgan fingerprint density at radius 2 is 1.74 bits per heavy atom. The Kier molecular flexibility index (Phi) is 7.97. The second-order valence-corrected chi connectivity index (χ2v) is 14.6. The van der Waals surface area contributed by atoms with E-state index >= 15 is 0 Å². The largest absolute Gasteiger partial charge is 0.436 e. The summed E-state index contributed by atoms with van der Waals surface area (Å²) in [6.45, 7) is 14.2. The van der Waals surface area contributed by atoms with Crippen LogP contribution in [0.5, 0.6) is 0 Å². The van der Waals surface area contributed by atoms with Crippen LogP contribution in [0.1, 0.15) is 20.3 Å². The van der Waals surface area contributed by atoms with Gasteiger partial charge in [-0.15, -0.1) is 0 Å². The zero-order valence-corrected chi connectivity index (χ0v) is 15.4. The zero-order valence-electron chi connectivity index (χ0n) is 13.4. The van der Waals surface area contributed by atoms with Gasteiger partial charge in [-0.3, -0.25) is 0 Å². The molecule has 0 aliphatic rings. The molecule has 5 nitrogen and oxygen atoms in total. The van der Waals surface area contributed by atoms with E-state index < -0.39 is 22.7 Å². The third-order valence-corrected chi connectivity index (χ3v) is 8.66. The standard InChI is InChI=1S/C12H32N2O3Si2/c1-12(2,15)16-19(6,17-18(3,4)5)11-7-9-14-10-8-13/h14-15H,7-11,13H2,1-6H3. The van der Waals surface area contributed by atoms with E-state index in [9.17, 15) is 5.11 Å². The van der Waals surface area contributed by atoms with Crippen LogP contribution in [0.25, 0.3) is 0 Å². The number of hydrogen-bond acceptors (Lipinski definition) is 5. The van der Waals surface area contributed by atoms with Crippen LogP contribution >= 0.6 is 0 Å². The second kappa shape index (κ2) is 7.87. The minimum absolute atomic E-state index is 0.653. The monoisotopic (exact) mass is 308 g/mol. The predicted octanol–water partition coefficient (Wildman–Crippen LogP) is 1.59. The summed E-state index contributed by atoms with van der Waals surface area (Å²) in [6.07, 6.45) is 0.975. The Morgan fingerprint density at radius 3 is 2.16 bits per heavy atom. The quantitative estimate of drug-likeness (QED) is 0.325. The van der Waals surface area contributed by atoms with Gasteiger partial charge in [-0.1, -0.05) is 0 Å². The second-order valence-electron chi connectivity index (χ2n) is 6.54. The van der Waals surface area contributed by atoms with Gasteiger partial charge >= 0.3 is 8.56 Å². The molecule has 0 radical (unpaired) electrons. The molecule has 4 N–H and O–H groups in total. The number of nitrogens with two attached hydrogens (primary N) is 1. The zero-order chi connectivity index (χ0) is 15.2. The van der Waals surface area contributed by atoms with Crippen LogP contribution in [0.3, 0.4) is 0 Å². The SMILES string of the molecule is CC(C)(O)O[Si](C)(CCCNCCN)O[Si](C)(C)C. The number of hydrogen-bond donors (Lipinski definition) is 3. The lowest BCUT2D eigenvalue weighted by Crippen LogP contribution is -2.51. The smallest absolute Gasteiger partial charge is 0.326 e. The first kappa shape index (κ1) is 19.2. The minimum atomic E-state index is -2.34. The Hall–Kier alpha value is 0.234. The van der Waals surface area contributed by atoms with Crippen LogP contribution in [0, 0.1) is 0 Å². The number of rotatable bonds is 10. The fourth-order valence-corrected chi connectivity index (χ4v) is 9.79. The van der Waals surface area contributed by atoms with E-state index in [2.05, 4.69) is 25.0 Å². The number of nitrogens with one attached hydrogen (secondary N) is 1. The van der Waals surface area contributed by atoms with Crippen molar-refractivity contribution in [2.75, 3.05) is 19.6 Å². The molecular formula is C12H32N2O3Si2. The maximum Gasteiger partial charge on any atom is 0.326 e. The van der Waals surface area contributed by atoms with Gasteiger partial charge in [0.2, 0.25) is 0 Å². The molecule has 7 heteroatoms. The summed E-state index contributed by atoms with van der Waals surface area (Å²) >= 11 is 0. The van der Waals surface area contributed by atoms with Gasteiger partial charge in [-0.25, -0.2) is 0 Å². The summed E-state index contributed by atoms with van der Waals surface area (Å²) in [7, 11) is -4.02. The molecule has 0 saturated carbocycles. The molecule has 0 aliphatic carbocycles. The fraction of sp³-hybridized carbons (Fsp3) is 1.00. The third-order valence-electron chi connectivity index (χ3n) is 2.29. The van der Waals surface area contributed by atoms with Crippen molar-refractivity contribution >= 4 is 16.9 Å². The van der Waals surface area contributed by atoms with Gasteiger partial charge in [-0.05, 0) is 59.0 Å². The lowest BCUT2D eigenvalue weighted by atomic mass is 10.4. The lowest BCUT2D eigenvalue weighted by Gasteiger charge is -2.38. The highest BCUT2D eigenvalue weighted by Gasteiger charge is 2.40. The Bertz CT molecular complexity index is 236. The van der Waals surface area contributed by atoms with Gasteiger partial charge in [-0.2, -0.15) is 0 Å². The van der Waals surface area contributed by atoms with E-state index in [0.717, 1.165) is 25.6 Å². The molecule has 0 aromatic rings. The molecule has 19 heavy (non-hydrogen) atoms. The van der Waals surface area contributed by atoms with Crippen molar-refractivity contribution in [1.29, 1.82) is 0 Å². The van der Waals surface area contributed by atoms with E-state index in [0.29, 0.717) is 6.54 Å². The molecule has 0 amide bonds. The molecule has 0 fully saturated rings. The van der Waals surface area contributed by atoms with E-state index in [1.165, 1.54) is 0 Å². The molecular weight excluding hydrogens is 276 g/mol. The predicted molar refractivity (Wildman–Crippen MR) is 84.8 cm³/mol. The fourth-order valence-electron chi connectivity index (χ4n) is 2.06. The minimum Gasteiger partial charge on any atom is -0.436 e. The van der Waals surface area contributed by atoms with E-state index in [1.54, 1.807) is 13.8 Å².